The molecule has 0 saturated carbocycles. The smallest absolute Gasteiger partial charge is 0.168 e. The number of benzene rings is 2. The summed E-state index contributed by atoms with van der Waals surface area (Å²) < 4.78 is 1.81. The largest absolute Gasteiger partial charge is 0.366 e. The molecule has 1 aliphatic rings. The lowest BCUT2D eigenvalue weighted by atomic mass is 9.86. The van der Waals surface area contributed by atoms with Crippen LogP contribution in [0.1, 0.15) is 53.5 Å². The summed E-state index contributed by atoms with van der Waals surface area (Å²) in [5, 5.41) is 8.07. The number of hydrogen-bond acceptors (Lipinski definition) is 4. The van der Waals surface area contributed by atoms with Gasteiger partial charge in [-0.15, -0.1) is 0 Å². The Kier molecular flexibility index (Phi) is 5.04. The van der Waals surface area contributed by atoms with E-state index in [0.717, 1.165) is 30.0 Å². The highest BCUT2D eigenvalue weighted by atomic mass is 16.1. The first-order chi connectivity index (χ1) is 15.4. The number of carbonyl (C=O) groups is 1. The fourth-order valence-electron chi connectivity index (χ4n) is 4.45. The summed E-state index contributed by atoms with van der Waals surface area (Å²) in [6.07, 6.45) is 3.97. The second-order valence-electron chi connectivity index (χ2n) is 9.68. The van der Waals surface area contributed by atoms with Crippen molar-refractivity contribution in [3.05, 3.63) is 94.8 Å². The van der Waals surface area contributed by atoms with E-state index in [9.17, 15) is 4.79 Å². The van der Waals surface area contributed by atoms with Gasteiger partial charge in [0.15, 0.2) is 11.4 Å². The number of carbonyl (C=O) groups excluding carboxylic acids is 1. The van der Waals surface area contributed by atoms with Crippen LogP contribution < -0.4 is 5.32 Å². The number of rotatable bonds is 5. The minimum absolute atomic E-state index is 0.0661. The minimum Gasteiger partial charge on any atom is -0.366 e. The van der Waals surface area contributed by atoms with Crippen LogP contribution in [0, 0.1) is 0 Å². The van der Waals surface area contributed by atoms with Gasteiger partial charge in [-0.3, -0.25) is 4.79 Å². The van der Waals surface area contributed by atoms with E-state index in [1.807, 2.05) is 40.9 Å². The summed E-state index contributed by atoms with van der Waals surface area (Å²) in [4.78, 5) is 17.6. The molecular weight excluding hydrogens is 396 g/mol. The molecule has 0 radical (unpaired) electrons. The molecule has 0 fully saturated rings. The number of anilines is 1. The van der Waals surface area contributed by atoms with Gasteiger partial charge in [-0.05, 0) is 34.9 Å². The van der Waals surface area contributed by atoms with Crippen molar-refractivity contribution in [2.45, 2.75) is 51.5 Å². The van der Waals surface area contributed by atoms with Crippen LogP contribution in [0.25, 0.3) is 5.65 Å². The van der Waals surface area contributed by atoms with Gasteiger partial charge in [-0.25, -0.2) is 4.98 Å². The molecule has 2 heterocycles. The molecule has 5 nitrogen and oxygen atoms in total. The Morgan fingerprint density at radius 3 is 2.38 bits per heavy atom. The molecule has 162 valence electrons. The highest BCUT2D eigenvalue weighted by Gasteiger charge is 2.22. The summed E-state index contributed by atoms with van der Waals surface area (Å²) in [7, 11) is 0. The fourth-order valence-corrected chi connectivity index (χ4v) is 4.45. The van der Waals surface area contributed by atoms with E-state index >= 15 is 0 Å². The Hall–Kier alpha value is -3.47. The molecule has 1 aliphatic carbocycles. The summed E-state index contributed by atoms with van der Waals surface area (Å²) in [6, 6.07) is 20.7. The Bertz CT molecular complexity index is 1260. The molecule has 0 bridgehead atoms. The summed E-state index contributed by atoms with van der Waals surface area (Å²) in [6.45, 7) is 6.52. The Morgan fingerprint density at radius 2 is 1.72 bits per heavy atom. The zero-order chi connectivity index (χ0) is 22.3. The van der Waals surface area contributed by atoms with Crippen molar-refractivity contribution in [2.75, 3.05) is 5.32 Å². The number of fused-ring (bicyclic) bond motifs is 2. The van der Waals surface area contributed by atoms with Crippen molar-refractivity contribution >= 4 is 17.2 Å². The van der Waals surface area contributed by atoms with Gasteiger partial charge in [0.1, 0.15) is 5.82 Å². The summed E-state index contributed by atoms with van der Waals surface area (Å²) in [5.41, 5.74) is 6.29. The van der Waals surface area contributed by atoms with Crippen LogP contribution in [0.15, 0.2) is 66.9 Å². The third-order valence-electron chi connectivity index (χ3n) is 6.23. The van der Waals surface area contributed by atoms with Crippen molar-refractivity contribution in [2.24, 2.45) is 0 Å². The van der Waals surface area contributed by atoms with Crippen molar-refractivity contribution < 1.29 is 4.79 Å². The number of Topliss-reactive ketones (excluding diaryl/α,β-unsaturated/α-hetero) is 1. The average Bonchev–Trinajstić information content (AvgIpc) is 3.39. The molecule has 2 aromatic heterocycles. The maximum atomic E-state index is 13.0. The maximum Gasteiger partial charge on any atom is 0.168 e. The Morgan fingerprint density at radius 1 is 1.03 bits per heavy atom. The van der Waals surface area contributed by atoms with Crippen LogP contribution in [-0.4, -0.2) is 26.4 Å². The van der Waals surface area contributed by atoms with Crippen molar-refractivity contribution in [3.63, 3.8) is 0 Å². The first-order valence-corrected chi connectivity index (χ1v) is 11.2. The van der Waals surface area contributed by atoms with E-state index in [4.69, 9.17) is 0 Å². The Labute approximate surface area is 188 Å². The molecule has 32 heavy (non-hydrogen) atoms. The second-order valence-corrected chi connectivity index (χ2v) is 9.68. The van der Waals surface area contributed by atoms with Crippen LogP contribution >= 0.6 is 0 Å². The number of hydrogen-bond donors (Lipinski definition) is 1. The highest BCUT2D eigenvalue weighted by molar-refractivity contribution is 5.97. The van der Waals surface area contributed by atoms with Gasteiger partial charge in [0, 0.05) is 23.7 Å². The van der Waals surface area contributed by atoms with Gasteiger partial charge in [-0.1, -0.05) is 69.3 Å². The topological polar surface area (TPSA) is 59.3 Å². The zero-order valence-electron chi connectivity index (χ0n) is 18.8. The minimum atomic E-state index is 0.0661. The molecule has 5 heteroatoms. The van der Waals surface area contributed by atoms with E-state index in [2.05, 4.69) is 60.4 Å². The molecular formula is C27H28N4O. The molecule has 1 N–H and O–H groups in total. The van der Waals surface area contributed by atoms with Gasteiger partial charge < -0.3 is 5.32 Å². The molecule has 4 aromatic rings. The standard InChI is InChI=1S/C27H28N4O/c1-27(2,3)21-10-8-18(9-11-21)24(32)16-23-17-26(31-25(29-23)12-13-28-31)30-22-14-19-6-4-5-7-20(19)15-22/h4-13,17,22,30H,14-16H2,1-3H3. The quantitative estimate of drug-likeness (QED) is 0.457. The van der Waals surface area contributed by atoms with E-state index in [1.54, 1.807) is 6.20 Å². The third-order valence-corrected chi connectivity index (χ3v) is 6.23. The Balaban J connectivity index is 1.37. The van der Waals surface area contributed by atoms with Gasteiger partial charge in [0.25, 0.3) is 0 Å². The predicted octanol–water partition coefficient (Wildman–Crippen LogP) is 5.03. The lowest BCUT2D eigenvalue weighted by Crippen LogP contribution is -2.22. The first kappa shape index (κ1) is 20.4. The van der Waals surface area contributed by atoms with Crippen molar-refractivity contribution in [3.8, 4) is 0 Å². The summed E-state index contributed by atoms with van der Waals surface area (Å²) in [5.74, 6) is 0.949. The van der Waals surface area contributed by atoms with Gasteiger partial charge in [-0.2, -0.15) is 9.61 Å². The lowest BCUT2D eigenvalue weighted by molar-refractivity contribution is 0.0992. The van der Waals surface area contributed by atoms with Crippen molar-refractivity contribution in [1.29, 1.82) is 0 Å². The van der Waals surface area contributed by atoms with Gasteiger partial charge >= 0.3 is 0 Å². The average molecular weight is 425 g/mol. The monoisotopic (exact) mass is 424 g/mol. The molecule has 0 unspecified atom stereocenters. The summed E-state index contributed by atoms with van der Waals surface area (Å²) >= 11 is 0. The van der Waals surface area contributed by atoms with Crippen LogP contribution in [0.5, 0.6) is 0 Å². The SMILES string of the molecule is CC(C)(C)c1ccc(C(=O)Cc2cc(NC3Cc4ccccc4C3)n3nccc3n2)cc1. The van der Waals surface area contributed by atoms with Crippen molar-refractivity contribution in [1.82, 2.24) is 14.6 Å². The van der Waals surface area contributed by atoms with Crippen LogP contribution in [0.3, 0.4) is 0 Å². The third kappa shape index (κ3) is 4.03. The normalized spacial score (nSPS) is 14.0. The first-order valence-electron chi connectivity index (χ1n) is 11.2. The molecule has 0 aliphatic heterocycles. The second kappa shape index (κ2) is 7.90. The molecule has 2 aromatic carbocycles. The lowest BCUT2D eigenvalue weighted by Gasteiger charge is -2.19. The van der Waals surface area contributed by atoms with E-state index in [1.165, 1.54) is 16.7 Å². The van der Waals surface area contributed by atoms with Crippen LogP contribution in [0.4, 0.5) is 5.82 Å². The highest BCUT2D eigenvalue weighted by Crippen LogP contribution is 2.26. The molecule has 5 rings (SSSR count). The number of aromatic nitrogens is 3. The molecule has 0 amide bonds. The predicted molar refractivity (Wildman–Crippen MR) is 127 cm³/mol. The van der Waals surface area contributed by atoms with E-state index in [-0.39, 0.29) is 17.6 Å². The molecule has 0 saturated heterocycles. The molecule has 0 spiro atoms. The number of nitrogens with zero attached hydrogens (tertiary/aromatic N) is 3. The number of ketones is 1. The van der Waals surface area contributed by atoms with E-state index < -0.39 is 0 Å². The van der Waals surface area contributed by atoms with E-state index in [0.29, 0.717) is 11.6 Å². The van der Waals surface area contributed by atoms with Crippen LogP contribution in [-0.2, 0) is 24.7 Å². The molecule has 0 atom stereocenters. The number of nitrogens with one attached hydrogen (secondary N) is 1. The van der Waals surface area contributed by atoms with Gasteiger partial charge in [0.05, 0.1) is 18.3 Å². The van der Waals surface area contributed by atoms with Gasteiger partial charge in [0.2, 0.25) is 0 Å². The zero-order valence-corrected chi connectivity index (χ0v) is 18.8. The van der Waals surface area contributed by atoms with Crippen LogP contribution in [0.2, 0.25) is 0 Å². The fraction of sp³-hybridized carbons (Fsp3) is 0.296. The maximum absolute atomic E-state index is 13.0.